The Kier molecular flexibility index (Phi) is 4.42. The molecule has 4 nitrogen and oxygen atoms in total. The Bertz CT molecular complexity index is 375. The zero-order valence-corrected chi connectivity index (χ0v) is 11.1. The Morgan fingerprint density at radius 2 is 2.39 bits per heavy atom. The Morgan fingerprint density at radius 3 is 3.00 bits per heavy atom. The maximum atomic E-state index is 11.9. The minimum Gasteiger partial charge on any atom is -0.467 e. The third kappa shape index (κ3) is 3.35. The number of furan rings is 1. The molecular formula is C14H22N2O2. The summed E-state index contributed by atoms with van der Waals surface area (Å²) in [6.45, 7) is 4.62. The van der Waals surface area contributed by atoms with Gasteiger partial charge in [0.2, 0.25) is 5.91 Å². The third-order valence-corrected chi connectivity index (χ3v) is 3.74. The van der Waals surface area contributed by atoms with Crippen molar-refractivity contribution in [2.24, 2.45) is 5.92 Å². The Hall–Kier alpha value is -1.29. The van der Waals surface area contributed by atoms with Crippen molar-refractivity contribution in [1.82, 2.24) is 10.6 Å². The van der Waals surface area contributed by atoms with Crippen LogP contribution in [0, 0.1) is 5.92 Å². The van der Waals surface area contributed by atoms with Crippen molar-refractivity contribution in [3.8, 4) is 0 Å². The second kappa shape index (κ2) is 6.05. The predicted molar refractivity (Wildman–Crippen MR) is 70.0 cm³/mol. The molecule has 1 aliphatic carbocycles. The molecule has 0 spiro atoms. The molecule has 2 rings (SSSR count). The van der Waals surface area contributed by atoms with Crippen LogP contribution in [0.3, 0.4) is 0 Å². The molecule has 0 aliphatic heterocycles. The van der Waals surface area contributed by atoms with E-state index in [0.717, 1.165) is 5.76 Å². The van der Waals surface area contributed by atoms with Gasteiger partial charge >= 0.3 is 0 Å². The van der Waals surface area contributed by atoms with Crippen molar-refractivity contribution in [1.29, 1.82) is 0 Å². The van der Waals surface area contributed by atoms with Gasteiger partial charge in [-0.2, -0.15) is 0 Å². The minimum absolute atomic E-state index is 0.0329. The molecule has 1 aromatic heterocycles. The first-order valence-corrected chi connectivity index (χ1v) is 6.73. The Labute approximate surface area is 108 Å². The van der Waals surface area contributed by atoms with Crippen LogP contribution in [0.2, 0.25) is 0 Å². The lowest BCUT2D eigenvalue weighted by atomic mass is 10.1. The second-order valence-electron chi connectivity index (χ2n) is 5.20. The molecule has 3 unspecified atom stereocenters. The number of nitrogens with one attached hydrogen (secondary N) is 2. The summed E-state index contributed by atoms with van der Waals surface area (Å²) in [5, 5.41) is 6.29. The first-order chi connectivity index (χ1) is 8.66. The summed E-state index contributed by atoms with van der Waals surface area (Å²) in [5.74, 6) is 1.49. The Balaban J connectivity index is 1.74. The molecule has 1 saturated carbocycles. The van der Waals surface area contributed by atoms with Crippen LogP contribution in [0.25, 0.3) is 0 Å². The summed E-state index contributed by atoms with van der Waals surface area (Å²) in [6, 6.07) is 4.01. The van der Waals surface area contributed by atoms with Crippen LogP contribution < -0.4 is 10.6 Å². The fourth-order valence-corrected chi connectivity index (χ4v) is 2.53. The van der Waals surface area contributed by atoms with Crippen LogP contribution in [0.4, 0.5) is 0 Å². The molecule has 18 heavy (non-hydrogen) atoms. The van der Waals surface area contributed by atoms with Crippen molar-refractivity contribution < 1.29 is 9.21 Å². The lowest BCUT2D eigenvalue weighted by Gasteiger charge is -2.22. The maximum Gasteiger partial charge on any atom is 0.237 e. The largest absolute Gasteiger partial charge is 0.467 e. The standard InChI is InChI=1S/C14H22N2O2/c1-10-5-3-7-13(10)16-11(2)14(17)15-9-12-6-4-8-18-12/h4,6,8,10-11,13,16H,3,5,7,9H2,1-2H3,(H,15,17). The van der Waals surface area contributed by atoms with Crippen LogP contribution >= 0.6 is 0 Å². The Morgan fingerprint density at radius 1 is 1.56 bits per heavy atom. The average Bonchev–Trinajstić information content (AvgIpc) is 2.99. The van der Waals surface area contributed by atoms with Gasteiger partial charge in [0.25, 0.3) is 0 Å². The van der Waals surface area contributed by atoms with Crippen molar-refractivity contribution in [2.75, 3.05) is 0 Å². The van der Waals surface area contributed by atoms with Gasteiger partial charge in [0.15, 0.2) is 0 Å². The highest BCUT2D eigenvalue weighted by Gasteiger charge is 2.26. The molecule has 4 heteroatoms. The van der Waals surface area contributed by atoms with Gasteiger partial charge in [-0.15, -0.1) is 0 Å². The van der Waals surface area contributed by atoms with E-state index in [9.17, 15) is 4.79 Å². The highest BCUT2D eigenvalue weighted by Crippen LogP contribution is 2.25. The quantitative estimate of drug-likeness (QED) is 0.841. The van der Waals surface area contributed by atoms with Gasteiger partial charge in [-0.05, 0) is 37.8 Å². The van der Waals surface area contributed by atoms with E-state index >= 15 is 0 Å². The van der Waals surface area contributed by atoms with Gasteiger partial charge in [-0.25, -0.2) is 0 Å². The fraction of sp³-hybridized carbons (Fsp3) is 0.643. The van der Waals surface area contributed by atoms with E-state index < -0.39 is 0 Å². The zero-order valence-electron chi connectivity index (χ0n) is 11.1. The van der Waals surface area contributed by atoms with E-state index in [4.69, 9.17) is 4.42 Å². The summed E-state index contributed by atoms with van der Waals surface area (Å²) in [4.78, 5) is 11.9. The van der Waals surface area contributed by atoms with Gasteiger partial charge in [0.1, 0.15) is 5.76 Å². The predicted octanol–water partition coefficient (Wildman–Crippen LogP) is 2.06. The molecule has 1 fully saturated rings. The molecule has 1 aliphatic rings. The van der Waals surface area contributed by atoms with E-state index in [2.05, 4.69) is 17.6 Å². The maximum absolute atomic E-state index is 11.9. The second-order valence-corrected chi connectivity index (χ2v) is 5.20. The summed E-state index contributed by atoms with van der Waals surface area (Å²) in [6.07, 6.45) is 5.32. The van der Waals surface area contributed by atoms with Crippen LogP contribution in [0.15, 0.2) is 22.8 Å². The summed E-state index contributed by atoms with van der Waals surface area (Å²) in [5.41, 5.74) is 0. The lowest BCUT2D eigenvalue weighted by molar-refractivity contribution is -0.123. The minimum atomic E-state index is -0.148. The van der Waals surface area contributed by atoms with E-state index in [1.165, 1.54) is 19.3 Å². The van der Waals surface area contributed by atoms with Gasteiger partial charge in [-0.3, -0.25) is 4.79 Å². The molecule has 0 radical (unpaired) electrons. The molecule has 0 saturated heterocycles. The highest BCUT2D eigenvalue weighted by atomic mass is 16.3. The van der Waals surface area contributed by atoms with Crippen LogP contribution in [0.5, 0.6) is 0 Å². The summed E-state index contributed by atoms with van der Waals surface area (Å²) < 4.78 is 5.18. The highest BCUT2D eigenvalue weighted by molar-refractivity contribution is 5.81. The van der Waals surface area contributed by atoms with Gasteiger partial charge in [0.05, 0.1) is 18.8 Å². The molecular weight excluding hydrogens is 228 g/mol. The number of carbonyl (C=O) groups excluding carboxylic acids is 1. The van der Waals surface area contributed by atoms with Crippen molar-refractivity contribution in [3.63, 3.8) is 0 Å². The van der Waals surface area contributed by atoms with Gasteiger partial charge < -0.3 is 15.1 Å². The SMILES string of the molecule is CC(NC1CCCC1C)C(=O)NCc1ccco1. The summed E-state index contributed by atoms with van der Waals surface area (Å²) >= 11 is 0. The van der Waals surface area contributed by atoms with E-state index in [0.29, 0.717) is 18.5 Å². The number of hydrogen-bond acceptors (Lipinski definition) is 3. The van der Waals surface area contributed by atoms with Crippen molar-refractivity contribution >= 4 is 5.91 Å². The van der Waals surface area contributed by atoms with E-state index in [1.54, 1.807) is 6.26 Å². The number of amides is 1. The molecule has 3 atom stereocenters. The molecule has 0 aromatic carbocycles. The van der Waals surface area contributed by atoms with Crippen LogP contribution in [0.1, 0.15) is 38.9 Å². The first-order valence-electron chi connectivity index (χ1n) is 6.73. The lowest BCUT2D eigenvalue weighted by Crippen LogP contribution is -2.47. The molecule has 1 heterocycles. The molecule has 100 valence electrons. The number of rotatable bonds is 5. The summed E-state index contributed by atoms with van der Waals surface area (Å²) in [7, 11) is 0. The zero-order chi connectivity index (χ0) is 13.0. The van der Waals surface area contributed by atoms with Gasteiger partial charge in [0, 0.05) is 6.04 Å². The van der Waals surface area contributed by atoms with Crippen molar-refractivity contribution in [3.05, 3.63) is 24.2 Å². The third-order valence-electron chi connectivity index (χ3n) is 3.74. The fourth-order valence-electron chi connectivity index (χ4n) is 2.53. The molecule has 0 bridgehead atoms. The monoisotopic (exact) mass is 250 g/mol. The van der Waals surface area contributed by atoms with Crippen LogP contribution in [-0.4, -0.2) is 18.0 Å². The molecule has 1 aromatic rings. The normalized spacial score (nSPS) is 25.0. The number of hydrogen-bond donors (Lipinski definition) is 2. The average molecular weight is 250 g/mol. The topological polar surface area (TPSA) is 54.3 Å². The number of carbonyl (C=O) groups is 1. The molecule has 1 amide bonds. The van der Waals surface area contributed by atoms with E-state index in [1.807, 2.05) is 19.1 Å². The van der Waals surface area contributed by atoms with Gasteiger partial charge in [-0.1, -0.05) is 13.3 Å². The van der Waals surface area contributed by atoms with E-state index in [-0.39, 0.29) is 11.9 Å². The van der Waals surface area contributed by atoms with Crippen molar-refractivity contribution in [2.45, 2.75) is 51.7 Å². The molecule has 2 N–H and O–H groups in total. The first kappa shape index (κ1) is 13.1. The van der Waals surface area contributed by atoms with Crippen LogP contribution in [-0.2, 0) is 11.3 Å². The smallest absolute Gasteiger partial charge is 0.237 e.